The lowest BCUT2D eigenvalue weighted by Crippen LogP contribution is -2.04. The van der Waals surface area contributed by atoms with Crippen molar-refractivity contribution in [2.45, 2.75) is 6.42 Å². The molecule has 0 radical (unpaired) electrons. The van der Waals surface area contributed by atoms with Crippen molar-refractivity contribution in [3.05, 3.63) is 45.5 Å². The molecule has 0 bridgehead atoms. The Morgan fingerprint density at radius 2 is 1.67 bits per heavy atom. The molecule has 4 rings (SSSR count). The van der Waals surface area contributed by atoms with E-state index >= 15 is 0 Å². The van der Waals surface area contributed by atoms with Crippen LogP contribution in [0.5, 0.6) is 17.2 Å². The quantitative estimate of drug-likeness (QED) is 0.560. The molecule has 1 aliphatic rings. The maximum absolute atomic E-state index is 5.51. The molecule has 1 aliphatic heterocycles. The van der Waals surface area contributed by atoms with Crippen LogP contribution in [0.25, 0.3) is 16.9 Å². The van der Waals surface area contributed by atoms with E-state index in [1.807, 2.05) is 16.8 Å². The van der Waals surface area contributed by atoms with Gasteiger partial charge in [-0.3, -0.25) is 0 Å². The van der Waals surface area contributed by atoms with E-state index in [4.69, 9.17) is 19.3 Å². The third kappa shape index (κ3) is 3.09. The molecule has 6 nitrogen and oxygen atoms in total. The molecule has 0 aliphatic carbocycles. The van der Waals surface area contributed by atoms with Crippen molar-refractivity contribution in [2.75, 3.05) is 33.2 Å². The van der Waals surface area contributed by atoms with Gasteiger partial charge in [0.2, 0.25) is 5.75 Å². The molecule has 0 atom stereocenters. The molecule has 1 N–H and O–H groups in total. The lowest BCUT2D eigenvalue weighted by atomic mass is 10.1. The molecule has 7 heteroatoms. The van der Waals surface area contributed by atoms with Gasteiger partial charge < -0.3 is 19.5 Å². The van der Waals surface area contributed by atoms with Crippen molar-refractivity contribution in [3.8, 4) is 34.2 Å². The molecule has 2 heterocycles. The largest absolute Gasteiger partial charge is 0.493 e. The molecule has 3 aromatic rings. The second-order valence-corrected chi connectivity index (χ2v) is 7.40. The van der Waals surface area contributed by atoms with E-state index in [2.05, 4.69) is 52.2 Å². The Morgan fingerprint density at radius 1 is 1.00 bits per heavy atom. The van der Waals surface area contributed by atoms with E-state index in [0.29, 0.717) is 17.2 Å². The third-order valence-electron chi connectivity index (χ3n) is 4.66. The zero-order valence-corrected chi connectivity index (χ0v) is 17.5. The standard InChI is InChI=1S/C20H20IN3O3/c1-25-16-10-12(11-17(26-2)19(16)27-3)18-15-8-9-22-20(15)24(23-18)14-6-4-13(21)5-7-14/h4-7,10-11,22H,8-9H2,1-3H3. The summed E-state index contributed by atoms with van der Waals surface area (Å²) in [5.41, 5.74) is 4.09. The zero-order valence-electron chi connectivity index (χ0n) is 15.4. The Kier molecular flexibility index (Phi) is 4.86. The summed E-state index contributed by atoms with van der Waals surface area (Å²) in [6, 6.07) is 12.2. The minimum absolute atomic E-state index is 0.579. The SMILES string of the molecule is COc1cc(-c2nn(-c3ccc(I)cc3)c3c2CCN3)cc(OC)c1OC. The highest BCUT2D eigenvalue weighted by atomic mass is 127. The fourth-order valence-electron chi connectivity index (χ4n) is 3.39. The maximum Gasteiger partial charge on any atom is 0.203 e. The predicted octanol–water partition coefficient (Wildman–Crippen LogP) is 4.14. The summed E-state index contributed by atoms with van der Waals surface area (Å²) in [5, 5.41) is 8.37. The minimum atomic E-state index is 0.579. The number of aromatic nitrogens is 2. The van der Waals surface area contributed by atoms with Crippen LogP contribution in [0.4, 0.5) is 5.82 Å². The summed E-state index contributed by atoms with van der Waals surface area (Å²) in [6.07, 6.45) is 0.922. The number of rotatable bonds is 5. The Labute approximate surface area is 171 Å². The smallest absolute Gasteiger partial charge is 0.203 e. The van der Waals surface area contributed by atoms with Crippen molar-refractivity contribution in [2.24, 2.45) is 0 Å². The Balaban J connectivity index is 1.88. The number of methoxy groups -OCH3 is 3. The summed E-state index contributed by atoms with van der Waals surface area (Å²) in [6.45, 7) is 0.898. The highest BCUT2D eigenvalue weighted by Gasteiger charge is 2.25. The van der Waals surface area contributed by atoms with Gasteiger partial charge in [-0.15, -0.1) is 0 Å². The van der Waals surface area contributed by atoms with E-state index in [1.165, 1.54) is 9.13 Å². The number of nitrogens with zero attached hydrogens (tertiary/aromatic N) is 2. The van der Waals surface area contributed by atoms with Crippen LogP contribution in [-0.2, 0) is 6.42 Å². The molecule has 1 aromatic heterocycles. The van der Waals surface area contributed by atoms with Crippen molar-refractivity contribution >= 4 is 28.4 Å². The molecule has 27 heavy (non-hydrogen) atoms. The number of halogens is 1. The van der Waals surface area contributed by atoms with Gasteiger partial charge in [0.05, 0.1) is 32.7 Å². The van der Waals surface area contributed by atoms with E-state index in [1.54, 1.807) is 21.3 Å². The van der Waals surface area contributed by atoms with E-state index in [-0.39, 0.29) is 0 Å². The molecule has 0 saturated carbocycles. The average molecular weight is 477 g/mol. The first-order chi connectivity index (χ1) is 13.2. The second-order valence-electron chi connectivity index (χ2n) is 6.15. The topological polar surface area (TPSA) is 57.5 Å². The first-order valence-corrected chi connectivity index (χ1v) is 9.66. The van der Waals surface area contributed by atoms with Crippen LogP contribution >= 0.6 is 22.6 Å². The molecular formula is C20H20IN3O3. The molecule has 140 valence electrons. The lowest BCUT2D eigenvalue weighted by molar-refractivity contribution is 0.324. The molecule has 0 fully saturated rings. The molecule has 0 amide bonds. The Hall–Kier alpha value is -2.42. The fraction of sp³-hybridized carbons (Fsp3) is 0.250. The Bertz CT molecular complexity index is 958. The monoisotopic (exact) mass is 477 g/mol. The van der Waals surface area contributed by atoms with E-state index in [9.17, 15) is 0 Å². The van der Waals surface area contributed by atoms with E-state index < -0.39 is 0 Å². The van der Waals surface area contributed by atoms with Gasteiger partial charge in [-0.1, -0.05) is 0 Å². The van der Waals surface area contributed by atoms with Crippen LogP contribution in [-0.4, -0.2) is 37.7 Å². The van der Waals surface area contributed by atoms with Gasteiger partial charge in [-0.25, -0.2) is 4.68 Å². The number of anilines is 1. The molecule has 0 unspecified atom stereocenters. The highest BCUT2D eigenvalue weighted by molar-refractivity contribution is 14.1. The van der Waals surface area contributed by atoms with Crippen LogP contribution in [0.1, 0.15) is 5.56 Å². The van der Waals surface area contributed by atoms with Crippen LogP contribution in [0.2, 0.25) is 0 Å². The van der Waals surface area contributed by atoms with E-state index in [0.717, 1.165) is 35.7 Å². The summed E-state index contributed by atoms with van der Waals surface area (Å²) in [7, 11) is 4.85. The zero-order chi connectivity index (χ0) is 19.0. The van der Waals surface area contributed by atoms with Gasteiger partial charge in [-0.2, -0.15) is 5.10 Å². The van der Waals surface area contributed by atoms with Crippen LogP contribution in [0.15, 0.2) is 36.4 Å². The first kappa shape index (κ1) is 18.0. The number of benzene rings is 2. The normalized spacial score (nSPS) is 12.4. The van der Waals surface area contributed by atoms with Crippen LogP contribution < -0.4 is 19.5 Å². The molecule has 0 saturated heterocycles. The van der Waals surface area contributed by atoms with Crippen molar-refractivity contribution in [3.63, 3.8) is 0 Å². The van der Waals surface area contributed by atoms with Gasteiger partial charge in [-0.05, 0) is 65.4 Å². The highest BCUT2D eigenvalue weighted by Crippen LogP contribution is 2.43. The van der Waals surface area contributed by atoms with Gasteiger partial charge in [0.1, 0.15) is 5.82 Å². The number of hydrogen-bond acceptors (Lipinski definition) is 5. The maximum atomic E-state index is 5.51. The van der Waals surface area contributed by atoms with Crippen LogP contribution in [0.3, 0.4) is 0 Å². The predicted molar refractivity (Wildman–Crippen MR) is 114 cm³/mol. The number of hydrogen-bond donors (Lipinski definition) is 1. The molecule has 0 spiro atoms. The second kappa shape index (κ2) is 7.30. The first-order valence-electron chi connectivity index (χ1n) is 8.58. The average Bonchev–Trinajstić information content (AvgIpc) is 3.30. The van der Waals surface area contributed by atoms with Gasteiger partial charge in [0.25, 0.3) is 0 Å². The number of nitrogens with one attached hydrogen (secondary N) is 1. The van der Waals surface area contributed by atoms with Gasteiger partial charge in [0.15, 0.2) is 11.5 Å². The third-order valence-corrected chi connectivity index (χ3v) is 5.38. The summed E-state index contributed by atoms with van der Waals surface area (Å²) < 4.78 is 19.6. The molecule has 2 aromatic carbocycles. The van der Waals surface area contributed by atoms with Gasteiger partial charge in [0, 0.05) is 21.2 Å². The Morgan fingerprint density at radius 3 is 2.26 bits per heavy atom. The summed E-state index contributed by atoms with van der Waals surface area (Å²) in [5.74, 6) is 2.86. The van der Waals surface area contributed by atoms with Crippen molar-refractivity contribution in [1.29, 1.82) is 0 Å². The molecular weight excluding hydrogens is 457 g/mol. The lowest BCUT2D eigenvalue weighted by Gasteiger charge is -2.13. The summed E-state index contributed by atoms with van der Waals surface area (Å²) >= 11 is 2.30. The number of ether oxygens (including phenoxy) is 3. The van der Waals surface area contributed by atoms with Crippen molar-refractivity contribution in [1.82, 2.24) is 9.78 Å². The fourth-order valence-corrected chi connectivity index (χ4v) is 3.75. The van der Waals surface area contributed by atoms with Crippen molar-refractivity contribution < 1.29 is 14.2 Å². The minimum Gasteiger partial charge on any atom is -0.493 e. The summed E-state index contributed by atoms with van der Waals surface area (Å²) in [4.78, 5) is 0. The van der Waals surface area contributed by atoms with Gasteiger partial charge >= 0.3 is 0 Å². The van der Waals surface area contributed by atoms with Crippen LogP contribution in [0, 0.1) is 3.57 Å². The number of fused-ring (bicyclic) bond motifs is 1.